The summed E-state index contributed by atoms with van der Waals surface area (Å²) in [5, 5.41) is 21.1. The van der Waals surface area contributed by atoms with E-state index in [9.17, 15) is 10.2 Å². The number of rotatable bonds is 16. The van der Waals surface area contributed by atoms with Crippen molar-refractivity contribution in [2.24, 2.45) is 0 Å². The van der Waals surface area contributed by atoms with Gasteiger partial charge in [0, 0.05) is 0 Å². The Morgan fingerprint density at radius 3 is 1.35 bits per heavy atom. The second kappa shape index (κ2) is 14.2. The predicted molar refractivity (Wildman–Crippen MR) is 187 cm³/mol. The Bertz CT molecular complexity index is 1620. The molecule has 0 saturated carbocycles. The van der Waals surface area contributed by atoms with Crippen LogP contribution in [0.2, 0.25) is 0 Å². The fourth-order valence-corrected chi connectivity index (χ4v) is 7.27. The van der Waals surface area contributed by atoms with Crippen LogP contribution in [0.25, 0.3) is 11.1 Å². The summed E-state index contributed by atoms with van der Waals surface area (Å²) in [6, 6.07) is 26.3. The largest absolute Gasteiger partial charge is 0.490 e. The fraction of sp³-hybridized carbons (Fsp3) is 0.415. The number of hydrogen-bond donors (Lipinski definition) is 2. The van der Waals surface area contributed by atoms with Crippen molar-refractivity contribution >= 4 is 0 Å². The molecule has 4 unspecified atom stereocenters. The molecule has 0 radical (unpaired) electrons. The molecule has 4 aromatic carbocycles. The normalized spacial score (nSPS) is 19.6. The number of fused-ring (bicyclic) bond motifs is 3. The Kier molecular flexibility index (Phi) is 9.79. The molecule has 0 spiro atoms. The van der Waals surface area contributed by atoms with Gasteiger partial charge in [-0.3, -0.25) is 0 Å². The average molecular weight is 667 g/mol. The molecule has 4 aromatic rings. The van der Waals surface area contributed by atoms with E-state index in [1.165, 1.54) is 22.3 Å². The van der Waals surface area contributed by atoms with E-state index in [1.807, 2.05) is 0 Å². The Labute approximate surface area is 288 Å². The second-order valence-corrected chi connectivity index (χ2v) is 13.6. The first-order chi connectivity index (χ1) is 23.8. The molecule has 49 heavy (non-hydrogen) atoms. The Morgan fingerprint density at radius 1 is 0.612 bits per heavy atom. The van der Waals surface area contributed by atoms with Crippen LogP contribution >= 0.6 is 0 Å². The van der Waals surface area contributed by atoms with Crippen molar-refractivity contribution in [2.45, 2.75) is 57.5 Å². The van der Waals surface area contributed by atoms with Crippen LogP contribution in [-0.2, 0) is 24.4 Å². The number of benzene rings is 4. The Morgan fingerprint density at radius 2 is 0.980 bits per heavy atom. The maximum atomic E-state index is 10.5. The van der Waals surface area contributed by atoms with E-state index >= 15 is 0 Å². The monoisotopic (exact) mass is 666 g/mol. The highest BCUT2D eigenvalue weighted by molar-refractivity contribution is 5.86. The van der Waals surface area contributed by atoms with Crippen molar-refractivity contribution in [3.63, 3.8) is 0 Å². The first kappa shape index (κ1) is 33.7. The van der Waals surface area contributed by atoms with Crippen LogP contribution in [0.4, 0.5) is 0 Å². The van der Waals surface area contributed by atoms with Gasteiger partial charge in [0.1, 0.15) is 49.1 Å². The van der Waals surface area contributed by atoms with Gasteiger partial charge in [-0.2, -0.15) is 0 Å². The molecule has 8 heteroatoms. The molecular weight excluding hydrogens is 620 g/mol. The lowest BCUT2D eigenvalue weighted by Crippen LogP contribution is -2.30. The molecule has 2 heterocycles. The molecule has 258 valence electrons. The summed E-state index contributed by atoms with van der Waals surface area (Å²) in [5.74, 6) is 1.54. The zero-order valence-electron chi connectivity index (χ0n) is 28.7. The molecule has 2 N–H and O–H groups in total. The molecule has 3 aliphatic rings. The topological polar surface area (TPSA) is 102 Å². The number of aliphatic hydroxyl groups is 2. The van der Waals surface area contributed by atoms with Crippen LogP contribution in [0.3, 0.4) is 0 Å². The first-order valence-electron chi connectivity index (χ1n) is 17.2. The summed E-state index contributed by atoms with van der Waals surface area (Å²) in [4.78, 5) is 0. The van der Waals surface area contributed by atoms with Gasteiger partial charge in [0.25, 0.3) is 0 Å². The lowest BCUT2D eigenvalue weighted by atomic mass is 9.66. The molecule has 2 aliphatic heterocycles. The van der Waals surface area contributed by atoms with Crippen LogP contribution in [0.1, 0.15) is 44.5 Å². The molecule has 0 bridgehead atoms. The summed E-state index contributed by atoms with van der Waals surface area (Å²) < 4.78 is 34.0. The Hall–Kier alpha value is -3.76. The van der Waals surface area contributed by atoms with E-state index in [2.05, 4.69) is 100 Å². The zero-order valence-corrected chi connectivity index (χ0v) is 28.7. The van der Waals surface area contributed by atoms with E-state index in [0.717, 1.165) is 58.1 Å². The predicted octanol–water partition coefficient (Wildman–Crippen LogP) is 5.59. The molecule has 1 aliphatic carbocycles. The summed E-state index contributed by atoms with van der Waals surface area (Å²) in [7, 11) is 0. The molecule has 0 aromatic heterocycles. The highest BCUT2D eigenvalue weighted by Crippen LogP contribution is 2.57. The zero-order chi connectivity index (χ0) is 34.1. The minimum atomic E-state index is -0.741. The van der Waals surface area contributed by atoms with Crippen molar-refractivity contribution in [3.8, 4) is 22.6 Å². The van der Waals surface area contributed by atoms with E-state index in [-0.39, 0.29) is 38.6 Å². The van der Waals surface area contributed by atoms with Gasteiger partial charge in [0.15, 0.2) is 0 Å². The van der Waals surface area contributed by atoms with Gasteiger partial charge in [0.2, 0.25) is 0 Å². The Balaban J connectivity index is 1.23. The van der Waals surface area contributed by atoms with Crippen LogP contribution in [0.15, 0.2) is 72.8 Å². The summed E-state index contributed by atoms with van der Waals surface area (Å²) in [5.41, 5.74) is 10.5. The fourth-order valence-electron chi connectivity index (χ4n) is 7.27. The van der Waals surface area contributed by atoms with Gasteiger partial charge in [-0.25, -0.2) is 0 Å². The van der Waals surface area contributed by atoms with E-state index in [0.29, 0.717) is 13.2 Å². The summed E-state index contributed by atoms with van der Waals surface area (Å²) in [6.07, 6.45) is -1.17. The number of aryl methyl sites for hydroxylation is 4. The standard InChI is InChI=1S/C41H46O8/c1-25-13-29(14-26(2)39(25)48-19-31(42)17-44-21-33-23-46-33)41(37-11-7-5-9-35(37)36-10-6-8-12-38(36)41)30-15-27(3)40(28(4)16-30)49-20-32(43)18-45-22-34-24-47-34/h5-16,31-34,42-43H,17-24H2,1-4H3. The minimum Gasteiger partial charge on any atom is -0.490 e. The second-order valence-electron chi connectivity index (χ2n) is 13.6. The van der Waals surface area contributed by atoms with Crippen molar-refractivity contribution < 1.29 is 38.6 Å². The van der Waals surface area contributed by atoms with Gasteiger partial charge >= 0.3 is 0 Å². The maximum absolute atomic E-state index is 10.5. The molecular formula is C41H46O8. The molecule has 0 amide bonds. The summed E-state index contributed by atoms with van der Waals surface area (Å²) in [6.45, 7) is 11.4. The number of aliphatic hydroxyl groups excluding tert-OH is 2. The third-order valence-corrected chi connectivity index (χ3v) is 9.61. The van der Waals surface area contributed by atoms with Gasteiger partial charge in [-0.15, -0.1) is 0 Å². The molecule has 2 fully saturated rings. The van der Waals surface area contributed by atoms with E-state index < -0.39 is 17.6 Å². The van der Waals surface area contributed by atoms with E-state index in [1.54, 1.807) is 0 Å². The third-order valence-electron chi connectivity index (χ3n) is 9.61. The van der Waals surface area contributed by atoms with E-state index in [4.69, 9.17) is 28.4 Å². The smallest absolute Gasteiger partial charge is 0.125 e. The van der Waals surface area contributed by atoms with Gasteiger partial charge in [0.05, 0.1) is 45.1 Å². The van der Waals surface area contributed by atoms with Crippen molar-refractivity contribution in [1.29, 1.82) is 0 Å². The molecule has 7 rings (SSSR count). The maximum Gasteiger partial charge on any atom is 0.125 e. The average Bonchev–Trinajstić information content (AvgIpc) is 4.03. The lowest BCUT2D eigenvalue weighted by molar-refractivity contribution is 0.00736. The lowest BCUT2D eigenvalue weighted by Gasteiger charge is -2.35. The van der Waals surface area contributed by atoms with Crippen LogP contribution in [-0.4, -0.2) is 87.5 Å². The molecule has 8 nitrogen and oxygen atoms in total. The van der Waals surface area contributed by atoms with Crippen LogP contribution in [0, 0.1) is 27.7 Å². The summed E-state index contributed by atoms with van der Waals surface area (Å²) >= 11 is 0. The van der Waals surface area contributed by atoms with Gasteiger partial charge in [-0.1, -0.05) is 72.8 Å². The minimum absolute atomic E-state index is 0.138. The SMILES string of the molecule is Cc1cc(C2(c3cc(C)c(OCC(O)COCC4CO4)c(C)c3)c3ccccc3-c3ccccc32)cc(C)c1OCC(O)COCC1CO1. The highest BCUT2D eigenvalue weighted by atomic mass is 16.6. The van der Waals surface area contributed by atoms with Crippen molar-refractivity contribution in [2.75, 3.05) is 52.9 Å². The van der Waals surface area contributed by atoms with Gasteiger partial charge < -0.3 is 38.6 Å². The number of ether oxygens (including phenoxy) is 6. The van der Waals surface area contributed by atoms with Crippen molar-refractivity contribution in [3.05, 3.63) is 117 Å². The van der Waals surface area contributed by atoms with Crippen LogP contribution < -0.4 is 9.47 Å². The van der Waals surface area contributed by atoms with Gasteiger partial charge in [-0.05, 0) is 83.3 Å². The number of epoxide rings is 2. The molecule has 4 atom stereocenters. The highest BCUT2D eigenvalue weighted by Gasteiger charge is 2.46. The quantitative estimate of drug-likeness (QED) is 0.132. The first-order valence-corrected chi connectivity index (χ1v) is 17.2. The number of hydrogen-bond acceptors (Lipinski definition) is 8. The van der Waals surface area contributed by atoms with Crippen molar-refractivity contribution in [1.82, 2.24) is 0 Å². The third kappa shape index (κ3) is 6.99. The van der Waals surface area contributed by atoms with Crippen LogP contribution in [0.5, 0.6) is 11.5 Å². The molecule has 2 saturated heterocycles.